The molecule has 2 aromatic rings. The van der Waals surface area contributed by atoms with Crippen molar-refractivity contribution in [1.29, 1.82) is 0 Å². The van der Waals surface area contributed by atoms with E-state index in [1.54, 1.807) is 4.68 Å². The minimum absolute atomic E-state index is 0.184. The van der Waals surface area contributed by atoms with Gasteiger partial charge in [-0.1, -0.05) is 12.1 Å². The summed E-state index contributed by atoms with van der Waals surface area (Å²) in [6.07, 6.45) is 6.44. The van der Waals surface area contributed by atoms with Crippen LogP contribution in [-0.2, 0) is 13.6 Å². The van der Waals surface area contributed by atoms with Gasteiger partial charge in [-0.25, -0.2) is 4.99 Å². The molecule has 0 spiro atoms. The summed E-state index contributed by atoms with van der Waals surface area (Å²) in [7, 11) is 1.92. The van der Waals surface area contributed by atoms with Crippen LogP contribution in [0.3, 0.4) is 0 Å². The molecular formula is C20H30N6. The molecular weight excluding hydrogens is 324 g/mol. The summed E-state index contributed by atoms with van der Waals surface area (Å²) in [5, 5.41) is 11.1. The number of hydrogen-bond donors (Lipinski definition) is 2. The summed E-state index contributed by atoms with van der Waals surface area (Å²) < 4.78 is 1.80. The predicted octanol–water partition coefficient (Wildman–Crippen LogP) is 2.84. The molecule has 6 heteroatoms. The smallest absolute Gasteiger partial charge is 0.192 e. The molecule has 1 aliphatic heterocycles. The fraction of sp³-hybridized carbons (Fsp3) is 0.500. The van der Waals surface area contributed by atoms with E-state index in [0.717, 1.165) is 18.1 Å². The summed E-state index contributed by atoms with van der Waals surface area (Å²) in [5.74, 6) is 0.829. The van der Waals surface area contributed by atoms with Crippen molar-refractivity contribution in [2.75, 3.05) is 24.5 Å². The van der Waals surface area contributed by atoms with Crippen LogP contribution in [0.15, 0.2) is 41.7 Å². The first-order valence-corrected chi connectivity index (χ1v) is 9.53. The van der Waals surface area contributed by atoms with Crippen LogP contribution in [0.4, 0.5) is 5.69 Å². The fourth-order valence-corrected chi connectivity index (χ4v) is 3.30. The SMILES string of the molecule is CCNC(=NCc1cnn(C)c1)NC(C)c1cccc(N2CCCC2)c1. The lowest BCUT2D eigenvalue weighted by atomic mass is 10.1. The third-order valence-corrected chi connectivity index (χ3v) is 4.72. The van der Waals surface area contributed by atoms with E-state index in [-0.39, 0.29) is 6.04 Å². The lowest BCUT2D eigenvalue weighted by molar-refractivity contribution is 0.686. The third-order valence-electron chi connectivity index (χ3n) is 4.72. The van der Waals surface area contributed by atoms with Crippen LogP contribution < -0.4 is 15.5 Å². The Morgan fingerprint density at radius 1 is 1.31 bits per heavy atom. The zero-order valence-electron chi connectivity index (χ0n) is 16.1. The van der Waals surface area contributed by atoms with E-state index in [4.69, 9.17) is 4.99 Å². The molecule has 0 amide bonds. The van der Waals surface area contributed by atoms with Crippen molar-refractivity contribution < 1.29 is 0 Å². The number of nitrogens with one attached hydrogen (secondary N) is 2. The molecule has 3 rings (SSSR count). The van der Waals surface area contributed by atoms with Gasteiger partial charge in [0.2, 0.25) is 0 Å². The standard InChI is InChI=1S/C20H30N6/c1-4-21-20(22-13-17-14-23-25(3)15-17)24-16(2)18-8-7-9-19(12-18)26-10-5-6-11-26/h7-9,12,14-16H,4-6,10-11,13H2,1-3H3,(H2,21,22,24). The largest absolute Gasteiger partial charge is 0.372 e. The minimum Gasteiger partial charge on any atom is -0.372 e. The van der Waals surface area contributed by atoms with Gasteiger partial charge in [-0.05, 0) is 44.4 Å². The molecule has 2 heterocycles. The first-order chi connectivity index (χ1) is 12.7. The number of aliphatic imine (C=N–C) groups is 1. The van der Waals surface area contributed by atoms with Crippen molar-refractivity contribution in [2.24, 2.45) is 12.0 Å². The number of aryl methyl sites for hydroxylation is 1. The summed E-state index contributed by atoms with van der Waals surface area (Å²) in [6.45, 7) is 8.05. The average molecular weight is 355 g/mol. The predicted molar refractivity (Wildman–Crippen MR) is 107 cm³/mol. The molecule has 1 aromatic heterocycles. The van der Waals surface area contributed by atoms with Crippen molar-refractivity contribution >= 4 is 11.6 Å². The molecule has 1 unspecified atom stereocenters. The van der Waals surface area contributed by atoms with Gasteiger partial charge in [0.1, 0.15) is 0 Å². The van der Waals surface area contributed by atoms with Crippen LogP contribution in [0.5, 0.6) is 0 Å². The quantitative estimate of drug-likeness (QED) is 0.619. The summed E-state index contributed by atoms with van der Waals surface area (Å²) in [6, 6.07) is 9.03. The monoisotopic (exact) mass is 354 g/mol. The average Bonchev–Trinajstić information content (AvgIpc) is 3.32. The Morgan fingerprint density at radius 3 is 2.81 bits per heavy atom. The molecule has 2 N–H and O–H groups in total. The second kappa shape index (κ2) is 8.74. The number of benzene rings is 1. The number of guanidine groups is 1. The molecule has 1 aromatic carbocycles. The number of hydrogen-bond acceptors (Lipinski definition) is 3. The Morgan fingerprint density at radius 2 is 2.12 bits per heavy atom. The van der Waals surface area contributed by atoms with Crippen LogP contribution in [0.25, 0.3) is 0 Å². The number of rotatable bonds is 6. The zero-order valence-corrected chi connectivity index (χ0v) is 16.1. The Kier molecular flexibility index (Phi) is 6.15. The van der Waals surface area contributed by atoms with Gasteiger partial charge in [-0.3, -0.25) is 4.68 Å². The third kappa shape index (κ3) is 4.77. The fourth-order valence-electron chi connectivity index (χ4n) is 3.30. The van der Waals surface area contributed by atoms with Gasteiger partial charge in [-0.2, -0.15) is 5.10 Å². The van der Waals surface area contributed by atoms with Gasteiger partial charge < -0.3 is 15.5 Å². The van der Waals surface area contributed by atoms with Crippen molar-refractivity contribution in [3.05, 3.63) is 47.8 Å². The molecule has 6 nitrogen and oxygen atoms in total. The molecule has 0 radical (unpaired) electrons. The molecule has 0 saturated carbocycles. The molecule has 140 valence electrons. The van der Waals surface area contributed by atoms with E-state index in [0.29, 0.717) is 6.54 Å². The molecule has 1 saturated heterocycles. The van der Waals surface area contributed by atoms with Crippen LogP contribution in [-0.4, -0.2) is 35.4 Å². The first kappa shape index (κ1) is 18.3. The maximum absolute atomic E-state index is 4.69. The second-order valence-electron chi connectivity index (χ2n) is 6.87. The van der Waals surface area contributed by atoms with E-state index in [1.807, 2.05) is 19.4 Å². The van der Waals surface area contributed by atoms with Crippen LogP contribution in [0.2, 0.25) is 0 Å². The normalized spacial score (nSPS) is 16.0. The highest BCUT2D eigenvalue weighted by atomic mass is 15.2. The summed E-state index contributed by atoms with van der Waals surface area (Å²) in [4.78, 5) is 7.16. The highest BCUT2D eigenvalue weighted by Gasteiger charge is 2.14. The maximum Gasteiger partial charge on any atom is 0.192 e. The van der Waals surface area contributed by atoms with Crippen molar-refractivity contribution in [3.8, 4) is 0 Å². The van der Waals surface area contributed by atoms with Gasteiger partial charge >= 0.3 is 0 Å². The molecule has 0 aliphatic carbocycles. The zero-order chi connectivity index (χ0) is 18.4. The van der Waals surface area contributed by atoms with Gasteiger partial charge in [0.15, 0.2) is 5.96 Å². The van der Waals surface area contributed by atoms with Gasteiger partial charge in [0.05, 0.1) is 18.8 Å². The van der Waals surface area contributed by atoms with Gasteiger partial charge in [0.25, 0.3) is 0 Å². The highest BCUT2D eigenvalue weighted by molar-refractivity contribution is 5.80. The number of aromatic nitrogens is 2. The van der Waals surface area contributed by atoms with Crippen LogP contribution in [0, 0.1) is 0 Å². The van der Waals surface area contributed by atoms with E-state index < -0.39 is 0 Å². The van der Waals surface area contributed by atoms with E-state index in [9.17, 15) is 0 Å². The summed E-state index contributed by atoms with van der Waals surface area (Å²) >= 11 is 0. The number of anilines is 1. The topological polar surface area (TPSA) is 57.5 Å². The van der Waals surface area contributed by atoms with Crippen molar-refractivity contribution in [1.82, 2.24) is 20.4 Å². The highest BCUT2D eigenvalue weighted by Crippen LogP contribution is 2.23. The Bertz CT molecular complexity index is 729. The number of nitrogens with zero attached hydrogens (tertiary/aromatic N) is 4. The molecule has 0 bridgehead atoms. The Balaban J connectivity index is 1.67. The Labute approximate surface area is 156 Å². The van der Waals surface area contributed by atoms with Crippen LogP contribution in [0.1, 0.15) is 43.9 Å². The Hall–Kier alpha value is -2.50. The minimum atomic E-state index is 0.184. The summed E-state index contributed by atoms with van der Waals surface area (Å²) in [5.41, 5.74) is 3.71. The lowest BCUT2D eigenvalue weighted by Gasteiger charge is -2.22. The van der Waals surface area contributed by atoms with E-state index in [2.05, 4.69) is 58.7 Å². The second-order valence-corrected chi connectivity index (χ2v) is 6.87. The van der Waals surface area contributed by atoms with E-state index >= 15 is 0 Å². The van der Waals surface area contributed by atoms with E-state index in [1.165, 1.54) is 37.2 Å². The van der Waals surface area contributed by atoms with Gasteiger partial charge in [-0.15, -0.1) is 0 Å². The molecule has 26 heavy (non-hydrogen) atoms. The van der Waals surface area contributed by atoms with Crippen LogP contribution >= 0.6 is 0 Å². The van der Waals surface area contributed by atoms with Crippen molar-refractivity contribution in [3.63, 3.8) is 0 Å². The first-order valence-electron chi connectivity index (χ1n) is 9.53. The molecule has 1 fully saturated rings. The van der Waals surface area contributed by atoms with Gasteiger partial charge in [0, 0.05) is 44.1 Å². The molecule has 1 aliphatic rings. The lowest BCUT2D eigenvalue weighted by Crippen LogP contribution is -2.38. The van der Waals surface area contributed by atoms with Crippen molar-refractivity contribution in [2.45, 2.75) is 39.3 Å². The maximum atomic E-state index is 4.69. The molecule has 1 atom stereocenters.